The number of anilines is 2. The third-order valence-corrected chi connectivity index (χ3v) is 7.12. The number of nitrogens with one attached hydrogen (secondary N) is 2. The van der Waals surface area contributed by atoms with Crippen LogP contribution < -0.4 is 15.5 Å². The molecule has 1 aliphatic heterocycles. The van der Waals surface area contributed by atoms with Crippen LogP contribution in [0, 0.1) is 23.2 Å². The van der Waals surface area contributed by atoms with Gasteiger partial charge in [0.25, 0.3) is 0 Å². The molecule has 0 aromatic heterocycles. The summed E-state index contributed by atoms with van der Waals surface area (Å²) in [6.07, 6.45) is 0. The van der Waals surface area contributed by atoms with Crippen LogP contribution in [0.2, 0.25) is 0 Å². The van der Waals surface area contributed by atoms with E-state index in [1.807, 2.05) is 45.0 Å². The van der Waals surface area contributed by atoms with E-state index >= 15 is 0 Å². The number of amides is 3. The number of benzene rings is 1. The summed E-state index contributed by atoms with van der Waals surface area (Å²) in [4.78, 5) is 40.2. The number of hydrogen-bond acceptors (Lipinski definition) is 6. The van der Waals surface area contributed by atoms with Crippen molar-refractivity contribution in [2.75, 3.05) is 36.9 Å². The van der Waals surface area contributed by atoms with Gasteiger partial charge in [0.05, 0.1) is 11.4 Å². The van der Waals surface area contributed by atoms with Crippen LogP contribution in [-0.4, -0.2) is 59.9 Å². The van der Waals surface area contributed by atoms with Crippen LogP contribution in [-0.2, 0) is 14.4 Å². The van der Waals surface area contributed by atoms with E-state index in [1.54, 1.807) is 16.8 Å². The maximum absolute atomic E-state index is 13.0. The summed E-state index contributed by atoms with van der Waals surface area (Å²) >= 11 is 1.49. The van der Waals surface area contributed by atoms with E-state index in [-0.39, 0.29) is 34.3 Å². The Labute approximate surface area is 188 Å². The fourth-order valence-corrected chi connectivity index (χ4v) is 5.14. The minimum atomic E-state index is -0.815. The van der Waals surface area contributed by atoms with Crippen LogP contribution in [0.25, 0.3) is 0 Å². The molecule has 1 heterocycles. The molecule has 4 atom stereocenters. The second-order valence-electron chi connectivity index (χ2n) is 7.51. The molecule has 0 saturated carbocycles. The molecule has 2 rings (SSSR count). The van der Waals surface area contributed by atoms with Gasteiger partial charge in [-0.25, -0.2) is 0 Å². The van der Waals surface area contributed by atoms with Crippen LogP contribution in [0.1, 0.15) is 27.7 Å². The van der Waals surface area contributed by atoms with E-state index in [0.29, 0.717) is 19.6 Å². The van der Waals surface area contributed by atoms with Gasteiger partial charge in [-0.2, -0.15) is 5.26 Å². The number of nitriles is 1. The van der Waals surface area contributed by atoms with E-state index in [2.05, 4.69) is 16.7 Å². The first kappa shape index (κ1) is 24.5. The summed E-state index contributed by atoms with van der Waals surface area (Å²) in [6.45, 7) is 8.47. The SMILES string of the molecule is CCNC(=O)C(C#N)C(C)C1SC(CNc2cccc(N(C)C(C)=O)c2)C(=O)N1CC. The highest BCUT2D eigenvalue weighted by Crippen LogP contribution is 2.38. The lowest BCUT2D eigenvalue weighted by Gasteiger charge is -2.29. The number of nitrogens with zero attached hydrogens (tertiary/aromatic N) is 3. The van der Waals surface area contributed by atoms with Crippen molar-refractivity contribution in [2.24, 2.45) is 11.8 Å². The second-order valence-corrected chi connectivity index (χ2v) is 8.83. The molecule has 8 nitrogen and oxygen atoms in total. The summed E-state index contributed by atoms with van der Waals surface area (Å²) in [5.74, 6) is -1.47. The quantitative estimate of drug-likeness (QED) is 0.604. The van der Waals surface area contributed by atoms with Gasteiger partial charge in [0, 0.05) is 50.9 Å². The van der Waals surface area contributed by atoms with Crippen molar-refractivity contribution in [3.05, 3.63) is 24.3 Å². The van der Waals surface area contributed by atoms with Crippen LogP contribution in [0.4, 0.5) is 11.4 Å². The molecular weight excluding hydrogens is 414 g/mol. The van der Waals surface area contributed by atoms with Gasteiger partial charge < -0.3 is 20.4 Å². The van der Waals surface area contributed by atoms with E-state index in [9.17, 15) is 19.6 Å². The van der Waals surface area contributed by atoms with Crippen molar-refractivity contribution in [3.63, 3.8) is 0 Å². The lowest BCUT2D eigenvalue weighted by molar-refractivity contribution is -0.132. The van der Waals surface area contributed by atoms with Gasteiger partial charge in [-0.1, -0.05) is 13.0 Å². The van der Waals surface area contributed by atoms with E-state index in [4.69, 9.17) is 0 Å². The molecule has 4 unspecified atom stereocenters. The van der Waals surface area contributed by atoms with E-state index in [1.165, 1.54) is 18.7 Å². The molecule has 0 spiro atoms. The molecule has 168 valence electrons. The summed E-state index contributed by atoms with van der Waals surface area (Å²) in [7, 11) is 1.71. The highest BCUT2D eigenvalue weighted by molar-refractivity contribution is 8.01. The number of rotatable bonds is 9. The summed E-state index contributed by atoms with van der Waals surface area (Å²) in [5, 5.41) is 15.0. The second kappa shape index (κ2) is 11.0. The van der Waals surface area contributed by atoms with Gasteiger partial charge in [-0.15, -0.1) is 11.8 Å². The average molecular weight is 446 g/mol. The van der Waals surface area contributed by atoms with Gasteiger partial charge in [-0.3, -0.25) is 14.4 Å². The van der Waals surface area contributed by atoms with Gasteiger partial charge in [0.1, 0.15) is 11.2 Å². The van der Waals surface area contributed by atoms with Gasteiger partial charge in [0.2, 0.25) is 17.7 Å². The monoisotopic (exact) mass is 445 g/mol. The summed E-state index contributed by atoms with van der Waals surface area (Å²) in [6, 6.07) is 9.57. The fourth-order valence-electron chi connectivity index (χ4n) is 3.57. The first-order valence-electron chi connectivity index (χ1n) is 10.5. The maximum atomic E-state index is 13.0. The predicted molar refractivity (Wildman–Crippen MR) is 124 cm³/mol. The molecule has 1 aromatic carbocycles. The summed E-state index contributed by atoms with van der Waals surface area (Å²) in [5.41, 5.74) is 1.58. The van der Waals surface area contributed by atoms with Crippen molar-refractivity contribution in [1.82, 2.24) is 10.2 Å². The maximum Gasteiger partial charge on any atom is 0.238 e. The number of hydrogen-bond donors (Lipinski definition) is 2. The minimum absolute atomic E-state index is 0.00134. The Bertz CT molecular complexity index is 856. The lowest BCUT2D eigenvalue weighted by atomic mass is 9.93. The normalized spacial score (nSPS) is 20.0. The zero-order chi connectivity index (χ0) is 23.1. The number of thioether (sulfide) groups is 1. The van der Waals surface area contributed by atoms with Crippen molar-refractivity contribution < 1.29 is 14.4 Å². The van der Waals surface area contributed by atoms with Crippen LogP contribution in [0.5, 0.6) is 0 Å². The first-order chi connectivity index (χ1) is 14.7. The minimum Gasteiger partial charge on any atom is -0.383 e. The lowest BCUT2D eigenvalue weighted by Crippen LogP contribution is -2.43. The Morgan fingerprint density at radius 3 is 2.65 bits per heavy atom. The Hall–Kier alpha value is -2.73. The smallest absolute Gasteiger partial charge is 0.238 e. The van der Waals surface area contributed by atoms with Crippen molar-refractivity contribution in [2.45, 2.75) is 38.3 Å². The third kappa shape index (κ3) is 5.70. The van der Waals surface area contributed by atoms with Gasteiger partial charge >= 0.3 is 0 Å². The molecule has 0 radical (unpaired) electrons. The molecule has 3 amide bonds. The van der Waals surface area contributed by atoms with E-state index < -0.39 is 5.92 Å². The highest BCUT2D eigenvalue weighted by Gasteiger charge is 2.45. The molecule has 1 fully saturated rings. The van der Waals surface area contributed by atoms with Gasteiger partial charge in [0.15, 0.2) is 0 Å². The van der Waals surface area contributed by atoms with Crippen LogP contribution >= 0.6 is 11.8 Å². The molecule has 31 heavy (non-hydrogen) atoms. The molecule has 0 aliphatic carbocycles. The Morgan fingerprint density at radius 1 is 1.35 bits per heavy atom. The van der Waals surface area contributed by atoms with Crippen LogP contribution in [0.15, 0.2) is 24.3 Å². The van der Waals surface area contributed by atoms with Crippen molar-refractivity contribution >= 4 is 40.9 Å². The zero-order valence-electron chi connectivity index (χ0n) is 18.7. The average Bonchev–Trinajstić information content (AvgIpc) is 3.07. The van der Waals surface area contributed by atoms with Crippen molar-refractivity contribution in [3.8, 4) is 6.07 Å². The van der Waals surface area contributed by atoms with E-state index in [0.717, 1.165) is 11.4 Å². The van der Waals surface area contributed by atoms with Crippen molar-refractivity contribution in [1.29, 1.82) is 5.26 Å². The molecule has 2 N–H and O–H groups in total. The van der Waals surface area contributed by atoms with Gasteiger partial charge in [-0.05, 0) is 32.0 Å². The van der Waals surface area contributed by atoms with Crippen LogP contribution in [0.3, 0.4) is 0 Å². The fraction of sp³-hybridized carbons (Fsp3) is 0.545. The molecule has 9 heteroatoms. The predicted octanol–water partition coefficient (Wildman–Crippen LogP) is 2.28. The number of carbonyl (C=O) groups is 3. The molecule has 1 aromatic rings. The zero-order valence-corrected chi connectivity index (χ0v) is 19.5. The first-order valence-corrected chi connectivity index (χ1v) is 11.4. The highest BCUT2D eigenvalue weighted by atomic mass is 32.2. The molecule has 0 bridgehead atoms. The Kier molecular flexibility index (Phi) is 8.75. The Morgan fingerprint density at radius 2 is 2.06 bits per heavy atom. The Balaban J connectivity index is 2.10. The molecule has 1 saturated heterocycles. The molecular formula is C22H31N5O3S. The summed E-state index contributed by atoms with van der Waals surface area (Å²) < 4.78 is 0. The standard InChI is InChI=1S/C22H31N5O3S/c1-6-24-20(29)18(12-23)14(3)22-27(7-2)21(30)19(31-22)13-25-16-9-8-10-17(11-16)26(5)15(4)28/h8-11,14,18-19,22,25H,6-7,13H2,1-5H3,(H,24,29). The largest absolute Gasteiger partial charge is 0.383 e. The molecule has 1 aliphatic rings. The number of carbonyl (C=O) groups excluding carboxylic acids is 3. The third-order valence-electron chi connectivity index (χ3n) is 5.46. The topological polar surface area (TPSA) is 106 Å².